The van der Waals surface area contributed by atoms with Crippen LogP contribution >= 0.6 is 22.9 Å². The van der Waals surface area contributed by atoms with Crippen molar-refractivity contribution in [2.45, 2.75) is 19.5 Å². The second-order valence-corrected chi connectivity index (χ2v) is 5.62. The molecule has 2 aromatic rings. The van der Waals surface area contributed by atoms with Gasteiger partial charge in [-0.15, -0.1) is 11.3 Å². The molecule has 0 saturated heterocycles. The zero-order valence-electron chi connectivity index (χ0n) is 10.3. The SMILES string of the molecule is CC(NCc1cc(Cl)cs1)c1cccc([N+](=O)[O-])c1. The van der Waals surface area contributed by atoms with Crippen molar-refractivity contribution in [1.82, 2.24) is 5.32 Å². The molecule has 1 unspecified atom stereocenters. The van der Waals surface area contributed by atoms with Crippen LogP contribution in [-0.2, 0) is 6.54 Å². The molecule has 2 rings (SSSR count). The molecule has 1 N–H and O–H groups in total. The molecule has 1 aromatic heterocycles. The van der Waals surface area contributed by atoms with Crippen LogP contribution in [0, 0.1) is 10.1 Å². The summed E-state index contributed by atoms with van der Waals surface area (Å²) in [5.74, 6) is 0. The summed E-state index contributed by atoms with van der Waals surface area (Å²) in [6, 6.07) is 8.63. The molecule has 1 atom stereocenters. The number of hydrogen-bond acceptors (Lipinski definition) is 4. The number of benzene rings is 1. The van der Waals surface area contributed by atoms with Gasteiger partial charge in [0, 0.05) is 35.0 Å². The van der Waals surface area contributed by atoms with Crippen molar-refractivity contribution >= 4 is 28.6 Å². The van der Waals surface area contributed by atoms with Gasteiger partial charge in [-0.3, -0.25) is 10.1 Å². The van der Waals surface area contributed by atoms with Gasteiger partial charge >= 0.3 is 0 Å². The third-order valence-electron chi connectivity index (χ3n) is 2.79. The highest BCUT2D eigenvalue weighted by molar-refractivity contribution is 7.10. The van der Waals surface area contributed by atoms with Gasteiger partial charge in [0.25, 0.3) is 5.69 Å². The van der Waals surface area contributed by atoms with Crippen LogP contribution in [0.2, 0.25) is 5.02 Å². The average molecular weight is 297 g/mol. The monoisotopic (exact) mass is 296 g/mol. The number of nitro groups is 1. The van der Waals surface area contributed by atoms with Gasteiger partial charge in [-0.2, -0.15) is 0 Å². The minimum atomic E-state index is -0.380. The fourth-order valence-corrected chi connectivity index (χ4v) is 2.75. The van der Waals surface area contributed by atoms with Gasteiger partial charge in [0.15, 0.2) is 0 Å². The summed E-state index contributed by atoms with van der Waals surface area (Å²) in [6.45, 7) is 2.68. The van der Waals surface area contributed by atoms with Crippen molar-refractivity contribution in [3.8, 4) is 0 Å². The van der Waals surface area contributed by atoms with Gasteiger partial charge in [-0.1, -0.05) is 23.7 Å². The summed E-state index contributed by atoms with van der Waals surface area (Å²) >= 11 is 7.45. The van der Waals surface area contributed by atoms with Crippen LogP contribution in [0.1, 0.15) is 23.4 Å². The van der Waals surface area contributed by atoms with Crippen LogP contribution in [0.4, 0.5) is 5.69 Å². The molecule has 4 nitrogen and oxygen atoms in total. The second kappa shape index (κ2) is 6.14. The highest BCUT2D eigenvalue weighted by Gasteiger charge is 2.10. The Kier molecular flexibility index (Phi) is 4.52. The lowest BCUT2D eigenvalue weighted by atomic mass is 10.1. The van der Waals surface area contributed by atoms with Gasteiger partial charge in [-0.25, -0.2) is 0 Å². The largest absolute Gasteiger partial charge is 0.305 e. The number of rotatable bonds is 5. The van der Waals surface area contributed by atoms with Crippen molar-refractivity contribution < 1.29 is 4.92 Å². The molecule has 6 heteroatoms. The van der Waals surface area contributed by atoms with E-state index in [9.17, 15) is 10.1 Å². The maximum absolute atomic E-state index is 10.7. The first kappa shape index (κ1) is 14.0. The van der Waals surface area contributed by atoms with Crippen LogP contribution < -0.4 is 5.32 Å². The first-order chi connectivity index (χ1) is 9.06. The Morgan fingerprint density at radius 2 is 2.26 bits per heavy atom. The first-order valence-electron chi connectivity index (χ1n) is 5.77. The number of nitrogens with one attached hydrogen (secondary N) is 1. The molecule has 1 heterocycles. The number of halogens is 1. The van der Waals surface area contributed by atoms with E-state index >= 15 is 0 Å². The van der Waals surface area contributed by atoms with Crippen LogP contribution in [0.25, 0.3) is 0 Å². The lowest BCUT2D eigenvalue weighted by molar-refractivity contribution is -0.384. The third kappa shape index (κ3) is 3.76. The second-order valence-electron chi connectivity index (χ2n) is 4.19. The smallest absolute Gasteiger partial charge is 0.269 e. The summed E-state index contributed by atoms with van der Waals surface area (Å²) in [5, 5.41) is 16.7. The van der Waals surface area contributed by atoms with E-state index in [0.29, 0.717) is 6.54 Å². The van der Waals surface area contributed by atoms with Gasteiger partial charge in [0.2, 0.25) is 0 Å². The quantitative estimate of drug-likeness (QED) is 0.666. The van der Waals surface area contributed by atoms with Crippen molar-refractivity contribution in [2.24, 2.45) is 0 Å². The van der Waals surface area contributed by atoms with E-state index in [1.165, 1.54) is 6.07 Å². The predicted octanol–water partition coefficient (Wildman–Crippen LogP) is 4.16. The number of hydrogen-bond donors (Lipinski definition) is 1. The van der Waals surface area contributed by atoms with Crippen LogP contribution in [0.15, 0.2) is 35.7 Å². The number of nitrogens with zero attached hydrogens (tertiary/aromatic N) is 1. The topological polar surface area (TPSA) is 55.2 Å². The van der Waals surface area contributed by atoms with E-state index in [-0.39, 0.29) is 16.7 Å². The van der Waals surface area contributed by atoms with E-state index in [2.05, 4.69) is 5.32 Å². The molecule has 0 amide bonds. The Morgan fingerprint density at radius 3 is 2.89 bits per heavy atom. The van der Waals surface area contributed by atoms with Crippen molar-refractivity contribution in [3.05, 3.63) is 61.3 Å². The Hall–Kier alpha value is -1.43. The Balaban J connectivity index is 2.01. The normalized spacial score (nSPS) is 12.3. The molecule has 19 heavy (non-hydrogen) atoms. The standard InChI is InChI=1S/C13H13ClN2O2S/c1-9(15-7-13-6-11(14)8-19-13)10-3-2-4-12(5-10)16(17)18/h2-6,8-9,15H,7H2,1H3. The van der Waals surface area contributed by atoms with Gasteiger partial charge in [-0.05, 0) is 18.6 Å². The lowest BCUT2D eigenvalue weighted by Crippen LogP contribution is -2.17. The van der Waals surface area contributed by atoms with Crippen molar-refractivity contribution in [1.29, 1.82) is 0 Å². The molecule has 0 aliphatic rings. The maximum atomic E-state index is 10.7. The summed E-state index contributed by atoms with van der Waals surface area (Å²) in [4.78, 5) is 11.5. The van der Waals surface area contributed by atoms with E-state index in [1.807, 2.05) is 24.4 Å². The minimum absolute atomic E-state index is 0.0424. The van der Waals surface area contributed by atoms with Crippen LogP contribution in [-0.4, -0.2) is 4.92 Å². The van der Waals surface area contributed by atoms with Gasteiger partial charge in [0.05, 0.1) is 9.95 Å². The van der Waals surface area contributed by atoms with E-state index in [0.717, 1.165) is 15.5 Å². The summed E-state index contributed by atoms with van der Waals surface area (Å²) in [5.41, 5.74) is 1.02. The number of nitro benzene ring substituents is 1. The maximum Gasteiger partial charge on any atom is 0.269 e. The highest BCUT2D eigenvalue weighted by Crippen LogP contribution is 2.22. The summed E-state index contributed by atoms with van der Waals surface area (Å²) < 4.78 is 0. The number of non-ortho nitro benzene ring substituents is 1. The van der Waals surface area contributed by atoms with Gasteiger partial charge in [0.1, 0.15) is 0 Å². The molecule has 0 saturated carbocycles. The van der Waals surface area contributed by atoms with Crippen molar-refractivity contribution in [2.75, 3.05) is 0 Å². The fourth-order valence-electron chi connectivity index (χ4n) is 1.73. The summed E-state index contributed by atoms with van der Waals surface area (Å²) in [7, 11) is 0. The van der Waals surface area contributed by atoms with Gasteiger partial charge < -0.3 is 5.32 Å². The molecule has 0 spiro atoms. The Morgan fingerprint density at radius 1 is 1.47 bits per heavy atom. The molecular formula is C13H13ClN2O2S. The highest BCUT2D eigenvalue weighted by atomic mass is 35.5. The van der Waals surface area contributed by atoms with Crippen LogP contribution in [0.5, 0.6) is 0 Å². The molecule has 0 aliphatic carbocycles. The van der Waals surface area contributed by atoms with E-state index in [4.69, 9.17) is 11.6 Å². The summed E-state index contributed by atoms with van der Waals surface area (Å²) in [6.07, 6.45) is 0. The third-order valence-corrected chi connectivity index (χ3v) is 4.07. The molecule has 0 aliphatic heterocycles. The molecule has 0 radical (unpaired) electrons. The molecule has 1 aromatic carbocycles. The zero-order valence-corrected chi connectivity index (χ0v) is 11.9. The minimum Gasteiger partial charge on any atom is -0.305 e. The molecule has 100 valence electrons. The van der Waals surface area contributed by atoms with Crippen molar-refractivity contribution in [3.63, 3.8) is 0 Å². The Labute approximate surface area is 120 Å². The first-order valence-corrected chi connectivity index (χ1v) is 7.02. The van der Waals surface area contributed by atoms with E-state index in [1.54, 1.807) is 23.5 Å². The predicted molar refractivity (Wildman–Crippen MR) is 77.7 cm³/mol. The average Bonchev–Trinajstić information content (AvgIpc) is 2.82. The van der Waals surface area contributed by atoms with E-state index < -0.39 is 0 Å². The molecular weight excluding hydrogens is 284 g/mol. The Bertz CT molecular complexity index is 586. The molecule has 0 fully saturated rings. The van der Waals surface area contributed by atoms with Crippen LogP contribution in [0.3, 0.4) is 0 Å². The molecule has 0 bridgehead atoms. The fraction of sp³-hybridized carbons (Fsp3) is 0.231. The number of thiophene rings is 1. The lowest BCUT2D eigenvalue weighted by Gasteiger charge is -2.13. The zero-order chi connectivity index (χ0) is 13.8.